The third kappa shape index (κ3) is 3.82. The molecule has 2 aliphatic rings. The van der Waals surface area contributed by atoms with Crippen molar-refractivity contribution < 1.29 is 13.6 Å². The number of benzene rings is 2. The Hall–Kier alpha value is -3.16. The van der Waals surface area contributed by atoms with E-state index in [4.69, 9.17) is 16.0 Å². The maximum absolute atomic E-state index is 13.2. The molecule has 8 heteroatoms. The van der Waals surface area contributed by atoms with Crippen molar-refractivity contribution in [3.05, 3.63) is 88.8 Å². The Morgan fingerprint density at radius 3 is 2.81 bits per heavy atom. The van der Waals surface area contributed by atoms with E-state index in [9.17, 15) is 9.18 Å². The van der Waals surface area contributed by atoms with Crippen LogP contribution in [-0.2, 0) is 11.3 Å². The largest absolute Gasteiger partial charge is 0.441 e. The molecule has 31 heavy (non-hydrogen) atoms. The van der Waals surface area contributed by atoms with Gasteiger partial charge in [-0.1, -0.05) is 29.8 Å². The van der Waals surface area contributed by atoms with Crippen LogP contribution in [0.25, 0.3) is 11.5 Å². The summed E-state index contributed by atoms with van der Waals surface area (Å²) in [5.74, 6) is 0.837. The highest BCUT2D eigenvalue weighted by Gasteiger charge is 2.40. The first kappa shape index (κ1) is 19.8. The summed E-state index contributed by atoms with van der Waals surface area (Å²) in [5.41, 5.74) is 5.75. The zero-order chi connectivity index (χ0) is 21.5. The van der Waals surface area contributed by atoms with E-state index >= 15 is 0 Å². The number of hydrogen-bond donors (Lipinski definition) is 1. The summed E-state index contributed by atoms with van der Waals surface area (Å²) in [4.78, 5) is 19.4. The zero-order valence-electron chi connectivity index (χ0n) is 16.8. The first-order valence-electron chi connectivity index (χ1n) is 9.99. The number of nitrogens with one attached hydrogen (secondary N) is 1. The third-order valence-corrected chi connectivity index (χ3v) is 5.87. The van der Waals surface area contributed by atoms with Gasteiger partial charge in [-0.3, -0.25) is 4.79 Å². The third-order valence-electron chi connectivity index (χ3n) is 5.63. The molecule has 0 bridgehead atoms. The highest BCUT2D eigenvalue weighted by Crippen LogP contribution is 2.32. The number of fused-ring (bicyclic) bond motifs is 1. The predicted octanol–water partition coefficient (Wildman–Crippen LogP) is 4.58. The van der Waals surface area contributed by atoms with E-state index in [1.54, 1.807) is 35.4 Å². The minimum absolute atomic E-state index is 0.0219. The number of carbonyl (C=O) groups excluding carboxylic acids is 1. The molecule has 0 spiro atoms. The van der Waals surface area contributed by atoms with E-state index in [2.05, 4.69) is 10.4 Å². The van der Waals surface area contributed by atoms with Crippen molar-refractivity contribution in [2.45, 2.75) is 32.0 Å². The van der Waals surface area contributed by atoms with Crippen LogP contribution in [0.3, 0.4) is 0 Å². The Labute approximate surface area is 183 Å². The summed E-state index contributed by atoms with van der Waals surface area (Å²) < 4.78 is 19.0. The molecule has 3 aromatic rings. The Kier molecular flexibility index (Phi) is 5.00. The van der Waals surface area contributed by atoms with Crippen molar-refractivity contribution in [2.75, 3.05) is 0 Å². The number of rotatable bonds is 4. The first-order chi connectivity index (χ1) is 15.0. The SMILES string of the molecule is Cc1oc(-c2cccc(Cl)c2)nc1CN1C=CN2NC(c3ccc(F)cc3)CC2C1=O. The topological polar surface area (TPSA) is 61.6 Å². The molecule has 158 valence electrons. The molecule has 2 aromatic carbocycles. The van der Waals surface area contributed by atoms with Crippen LogP contribution in [0.15, 0.2) is 65.3 Å². The van der Waals surface area contributed by atoms with Crippen LogP contribution in [-0.4, -0.2) is 26.8 Å². The van der Waals surface area contributed by atoms with Gasteiger partial charge in [0.25, 0.3) is 5.91 Å². The number of carbonyl (C=O) groups is 1. The average molecular weight is 439 g/mol. The second kappa shape index (κ2) is 7.83. The van der Waals surface area contributed by atoms with Gasteiger partial charge in [0.05, 0.1) is 12.6 Å². The Bertz CT molecular complexity index is 1160. The number of nitrogens with zero attached hydrogens (tertiary/aromatic N) is 3. The molecule has 0 aliphatic carbocycles. The maximum Gasteiger partial charge on any atom is 0.251 e. The quantitative estimate of drug-likeness (QED) is 0.646. The maximum atomic E-state index is 13.2. The fourth-order valence-corrected chi connectivity index (χ4v) is 4.15. The van der Waals surface area contributed by atoms with E-state index in [-0.39, 0.29) is 23.8 Å². The zero-order valence-corrected chi connectivity index (χ0v) is 17.5. The Balaban J connectivity index is 1.32. The minimum atomic E-state index is -0.334. The van der Waals surface area contributed by atoms with E-state index in [1.165, 1.54) is 12.1 Å². The van der Waals surface area contributed by atoms with E-state index < -0.39 is 0 Å². The Morgan fingerprint density at radius 2 is 2.03 bits per heavy atom. The lowest BCUT2D eigenvalue weighted by atomic mass is 10.0. The fraction of sp³-hybridized carbons (Fsp3) is 0.217. The molecule has 1 aromatic heterocycles. The minimum Gasteiger partial charge on any atom is -0.441 e. The van der Waals surface area contributed by atoms with Crippen molar-refractivity contribution >= 4 is 17.5 Å². The predicted molar refractivity (Wildman–Crippen MR) is 114 cm³/mol. The number of aromatic nitrogens is 1. The molecule has 1 fully saturated rings. The number of aryl methyl sites for hydroxylation is 1. The molecule has 2 aliphatic heterocycles. The van der Waals surface area contributed by atoms with Gasteiger partial charge in [0.15, 0.2) is 0 Å². The average Bonchev–Trinajstić information content (AvgIpc) is 3.35. The van der Waals surface area contributed by atoms with Gasteiger partial charge in [0.1, 0.15) is 23.3 Å². The van der Waals surface area contributed by atoms with Crippen molar-refractivity contribution in [1.82, 2.24) is 20.3 Å². The lowest BCUT2D eigenvalue weighted by Crippen LogP contribution is -2.47. The monoisotopic (exact) mass is 438 g/mol. The van der Waals surface area contributed by atoms with Gasteiger partial charge in [0.2, 0.25) is 5.89 Å². The van der Waals surface area contributed by atoms with E-state index in [0.717, 1.165) is 11.1 Å². The molecule has 3 heterocycles. The molecule has 6 nitrogen and oxygen atoms in total. The second-order valence-electron chi connectivity index (χ2n) is 7.69. The summed E-state index contributed by atoms with van der Waals surface area (Å²) in [5, 5.41) is 2.42. The van der Waals surface area contributed by atoms with E-state index in [0.29, 0.717) is 35.3 Å². The molecule has 0 radical (unpaired) electrons. The van der Waals surface area contributed by atoms with Crippen molar-refractivity contribution in [1.29, 1.82) is 0 Å². The van der Waals surface area contributed by atoms with Gasteiger partial charge in [-0.15, -0.1) is 0 Å². The number of hydrogen-bond acceptors (Lipinski definition) is 5. The van der Waals surface area contributed by atoms with Crippen molar-refractivity contribution in [3.8, 4) is 11.5 Å². The summed E-state index contributed by atoms with van der Waals surface area (Å²) in [7, 11) is 0. The molecule has 1 saturated heterocycles. The lowest BCUT2D eigenvalue weighted by Gasteiger charge is -2.31. The number of halogens is 2. The van der Waals surface area contributed by atoms with Crippen LogP contribution in [0.1, 0.15) is 29.5 Å². The van der Waals surface area contributed by atoms with Gasteiger partial charge in [-0.25, -0.2) is 14.8 Å². The first-order valence-corrected chi connectivity index (χ1v) is 10.4. The van der Waals surface area contributed by atoms with Crippen molar-refractivity contribution in [2.24, 2.45) is 0 Å². The van der Waals surface area contributed by atoms with Crippen LogP contribution in [0, 0.1) is 12.7 Å². The second-order valence-corrected chi connectivity index (χ2v) is 8.12. The number of amides is 1. The molecule has 2 atom stereocenters. The summed E-state index contributed by atoms with van der Waals surface area (Å²) in [6, 6.07) is 13.3. The van der Waals surface area contributed by atoms with Gasteiger partial charge in [-0.05, 0) is 49.2 Å². The van der Waals surface area contributed by atoms with Crippen LogP contribution in [0.2, 0.25) is 5.02 Å². The molecular formula is C23H20ClFN4O2. The van der Waals surface area contributed by atoms with Crippen LogP contribution >= 0.6 is 11.6 Å². The molecule has 0 saturated carbocycles. The molecule has 1 N–H and O–H groups in total. The summed E-state index contributed by atoms with van der Waals surface area (Å²) >= 11 is 6.07. The molecule has 2 unspecified atom stereocenters. The highest BCUT2D eigenvalue weighted by atomic mass is 35.5. The highest BCUT2D eigenvalue weighted by molar-refractivity contribution is 6.30. The van der Waals surface area contributed by atoms with Crippen molar-refractivity contribution in [3.63, 3.8) is 0 Å². The lowest BCUT2D eigenvalue weighted by molar-refractivity contribution is -0.135. The Morgan fingerprint density at radius 1 is 1.23 bits per heavy atom. The standard InChI is InChI=1S/C23H20ClFN4O2/c1-14-20(26-22(31-14)16-3-2-4-17(24)11-16)13-28-9-10-29-21(23(28)30)12-19(27-29)15-5-7-18(25)8-6-15/h2-11,19,21,27H,12-13H2,1H3. The van der Waals surface area contributed by atoms with Gasteiger partial charge in [-0.2, -0.15) is 0 Å². The van der Waals surface area contributed by atoms with Gasteiger partial charge in [0, 0.05) is 23.0 Å². The summed E-state index contributed by atoms with van der Waals surface area (Å²) in [6.07, 6.45) is 4.19. The molecular weight excluding hydrogens is 419 g/mol. The molecule has 5 rings (SSSR count). The van der Waals surface area contributed by atoms with Gasteiger partial charge >= 0.3 is 0 Å². The van der Waals surface area contributed by atoms with Crippen LogP contribution in [0.5, 0.6) is 0 Å². The fourth-order valence-electron chi connectivity index (χ4n) is 3.96. The normalized spacial score (nSPS) is 20.4. The van der Waals surface area contributed by atoms with Crippen LogP contribution in [0.4, 0.5) is 4.39 Å². The van der Waals surface area contributed by atoms with Gasteiger partial charge < -0.3 is 14.3 Å². The smallest absolute Gasteiger partial charge is 0.251 e. The molecule has 1 amide bonds. The van der Waals surface area contributed by atoms with Crippen LogP contribution < -0.4 is 5.43 Å². The number of oxazole rings is 1. The van der Waals surface area contributed by atoms with E-state index in [1.807, 2.05) is 30.3 Å². The number of hydrazine groups is 1. The summed E-state index contributed by atoms with van der Waals surface area (Å²) in [6.45, 7) is 2.15.